The lowest BCUT2D eigenvalue weighted by molar-refractivity contribution is -0.0813. The summed E-state index contributed by atoms with van der Waals surface area (Å²) in [5.74, 6) is 0. The average Bonchev–Trinajstić information content (AvgIpc) is 2.94. The molecule has 0 aromatic rings. The third kappa shape index (κ3) is 10.3. The first-order valence-corrected chi connectivity index (χ1v) is 10.0. The van der Waals surface area contributed by atoms with Crippen LogP contribution in [0.3, 0.4) is 0 Å². The van der Waals surface area contributed by atoms with Crippen LogP contribution in [-0.2, 0) is 9.47 Å². The Hall–Kier alpha value is -0.460. The van der Waals surface area contributed by atoms with Gasteiger partial charge in [-0.15, -0.1) is 0 Å². The normalized spacial score (nSPS) is 25.0. The summed E-state index contributed by atoms with van der Waals surface area (Å²) in [4.78, 5) is 0. The van der Waals surface area contributed by atoms with E-state index < -0.39 is 24.4 Å². The van der Waals surface area contributed by atoms with E-state index in [1.807, 2.05) is 0 Å². The fraction of sp³-hybridized carbons (Fsp3) is 0.900. The van der Waals surface area contributed by atoms with E-state index in [0.29, 0.717) is 6.61 Å². The number of aliphatic hydroxyl groups excluding tert-OH is 3. The van der Waals surface area contributed by atoms with Gasteiger partial charge >= 0.3 is 0 Å². The number of hydrogen-bond acceptors (Lipinski definition) is 5. The molecule has 5 heteroatoms. The molecule has 0 spiro atoms. The van der Waals surface area contributed by atoms with Crippen molar-refractivity contribution >= 4 is 0 Å². The number of unbranched alkanes of at least 4 members (excludes halogenated alkanes) is 9. The lowest BCUT2D eigenvalue weighted by atomic mass is 10.1. The molecule has 0 unspecified atom stereocenters. The molecule has 0 aromatic heterocycles. The zero-order chi connectivity index (χ0) is 18.3. The van der Waals surface area contributed by atoms with E-state index in [9.17, 15) is 15.3 Å². The molecule has 1 saturated heterocycles. The molecule has 1 rings (SSSR count). The minimum atomic E-state index is -1.03. The van der Waals surface area contributed by atoms with Gasteiger partial charge < -0.3 is 24.8 Å². The maximum absolute atomic E-state index is 9.90. The standard InChI is InChI=1S/C20H38O5/c1-2-3-4-5-6-7-8-9-10-11-12-13-14-24-15-18(22)20-19(23)17(21)16-25-20/h2-3,17-23H,4-16H2,1H3/b3-2+/t17-,18+,19-,20-/m1/s1. The number of ether oxygens (including phenoxy) is 2. The highest BCUT2D eigenvalue weighted by atomic mass is 16.5. The molecule has 0 amide bonds. The van der Waals surface area contributed by atoms with E-state index in [2.05, 4.69) is 19.1 Å². The molecular formula is C20H38O5. The summed E-state index contributed by atoms with van der Waals surface area (Å²) in [6.45, 7) is 2.90. The van der Waals surface area contributed by atoms with Crippen molar-refractivity contribution in [1.82, 2.24) is 0 Å². The SMILES string of the molecule is C/C=C/CCCCCCCCCCCOC[C@H](O)[C@H]1OC[C@@H](O)[C@H]1O. The number of aliphatic hydroxyl groups is 3. The largest absolute Gasteiger partial charge is 0.388 e. The Bertz CT molecular complexity index is 334. The van der Waals surface area contributed by atoms with Gasteiger partial charge in [0.2, 0.25) is 0 Å². The first-order valence-electron chi connectivity index (χ1n) is 10.0. The van der Waals surface area contributed by atoms with Crippen LogP contribution < -0.4 is 0 Å². The molecule has 4 atom stereocenters. The van der Waals surface area contributed by atoms with Crippen LogP contribution in [0.5, 0.6) is 0 Å². The Balaban J connectivity index is 1.81. The Morgan fingerprint density at radius 1 is 1.00 bits per heavy atom. The first-order chi connectivity index (χ1) is 12.2. The molecule has 1 aliphatic rings. The van der Waals surface area contributed by atoms with E-state index in [1.165, 1.54) is 51.4 Å². The summed E-state index contributed by atoms with van der Waals surface area (Å²) in [6, 6.07) is 0. The highest BCUT2D eigenvalue weighted by Crippen LogP contribution is 2.18. The van der Waals surface area contributed by atoms with Crippen LogP contribution in [0.25, 0.3) is 0 Å². The molecule has 5 nitrogen and oxygen atoms in total. The first kappa shape index (κ1) is 22.6. The number of allylic oxidation sites excluding steroid dienone is 2. The summed E-state index contributed by atoms with van der Waals surface area (Å²) in [5.41, 5.74) is 0. The van der Waals surface area contributed by atoms with Crippen LogP contribution in [0.2, 0.25) is 0 Å². The third-order valence-electron chi connectivity index (χ3n) is 4.75. The van der Waals surface area contributed by atoms with Crippen LogP contribution in [0.15, 0.2) is 12.2 Å². The van der Waals surface area contributed by atoms with Crippen LogP contribution in [0, 0.1) is 0 Å². The van der Waals surface area contributed by atoms with Gasteiger partial charge in [0.05, 0.1) is 13.2 Å². The van der Waals surface area contributed by atoms with Gasteiger partial charge in [-0.1, -0.05) is 57.1 Å². The number of hydrogen-bond donors (Lipinski definition) is 3. The molecule has 25 heavy (non-hydrogen) atoms. The minimum absolute atomic E-state index is 0.0681. The van der Waals surface area contributed by atoms with Gasteiger partial charge in [-0.3, -0.25) is 0 Å². The van der Waals surface area contributed by atoms with Crippen molar-refractivity contribution in [3.05, 3.63) is 12.2 Å². The van der Waals surface area contributed by atoms with Crippen molar-refractivity contribution in [2.24, 2.45) is 0 Å². The van der Waals surface area contributed by atoms with Crippen molar-refractivity contribution in [3.8, 4) is 0 Å². The number of rotatable bonds is 15. The Labute approximate surface area is 153 Å². The van der Waals surface area contributed by atoms with Gasteiger partial charge in [0.15, 0.2) is 0 Å². The minimum Gasteiger partial charge on any atom is -0.388 e. The second kappa shape index (κ2) is 14.7. The van der Waals surface area contributed by atoms with Gasteiger partial charge in [-0.05, 0) is 26.2 Å². The van der Waals surface area contributed by atoms with E-state index in [-0.39, 0.29) is 13.2 Å². The highest BCUT2D eigenvalue weighted by molar-refractivity contribution is 4.87. The van der Waals surface area contributed by atoms with Crippen molar-refractivity contribution < 1.29 is 24.8 Å². The zero-order valence-electron chi connectivity index (χ0n) is 15.8. The molecule has 0 saturated carbocycles. The van der Waals surface area contributed by atoms with Gasteiger partial charge in [0.25, 0.3) is 0 Å². The van der Waals surface area contributed by atoms with E-state index in [4.69, 9.17) is 9.47 Å². The van der Waals surface area contributed by atoms with Crippen LogP contribution in [0.1, 0.15) is 71.1 Å². The zero-order valence-corrected chi connectivity index (χ0v) is 15.8. The fourth-order valence-electron chi connectivity index (χ4n) is 3.13. The van der Waals surface area contributed by atoms with Crippen LogP contribution in [0.4, 0.5) is 0 Å². The maximum atomic E-state index is 9.90. The third-order valence-corrected chi connectivity index (χ3v) is 4.75. The monoisotopic (exact) mass is 358 g/mol. The summed E-state index contributed by atoms with van der Waals surface area (Å²) in [6.07, 6.45) is 13.4. The Morgan fingerprint density at radius 3 is 2.16 bits per heavy atom. The molecule has 3 N–H and O–H groups in total. The van der Waals surface area contributed by atoms with E-state index in [1.54, 1.807) is 0 Å². The topological polar surface area (TPSA) is 79.2 Å². The van der Waals surface area contributed by atoms with Gasteiger partial charge in [0, 0.05) is 6.61 Å². The summed E-state index contributed by atoms with van der Waals surface area (Å²) >= 11 is 0. The van der Waals surface area contributed by atoms with Crippen molar-refractivity contribution in [3.63, 3.8) is 0 Å². The maximum Gasteiger partial charge on any atom is 0.114 e. The molecule has 1 fully saturated rings. The molecule has 0 aliphatic carbocycles. The lowest BCUT2D eigenvalue weighted by Gasteiger charge is -2.20. The van der Waals surface area contributed by atoms with E-state index in [0.717, 1.165) is 12.8 Å². The van der Waals surface area contributed by atoms with Gasteiger partial charge in [-0.25, -0.2) is 0 Å². The Morgan fingerprint density at radius 2 is 1.60 bits per heavy atom. The second-order valence-electron chi connectivity index (χ2n) is 7.04. The van der Waals surface area contributed by atoms with Crippen LogP contribution >= 0.6 is 0 Å². The molecule has 0 radical (unpaired) electrons. The predicted octanol–water partition coefficient (Wildman–Crippen LogP) is 2.96. The van der Waals surface area contributed by atoms with Crippen molar-refractivity contribution in [2.45, 2.75) is 95.5 Å². The predicted molar refractivity (Wildman–Crippen MR) is 99.6 cm³/mol. The van der Waals surface area contributed by atoms with Crippen molar-refractivity contribution in [1.29, 1.82) is 0 Å². The molecule has 0 aromatic carbocycles. The summed E-state index contributed by atoms with van der Waals surface area (Å²) in [5, 5.41) is 28.9. The quantitative estimate of drug-likeness (QED) is 0.310. The molecule has 0 bridgehead atoms. The second-order valence-corrected chi connectivity index (χ2v) is 7.04. The van der Waals surface area contributed by atoms with Crippen LogP contribution in [-0.4, -0.2) is 59.6 Å². The fourth-order valence-corrected chi connectivity index (χ4v) is 3.13. The lowest BCUT2D eigenvalue weighted by Crippen LogP contribution is -2.40. The smallest absolute Gasteiger partial charge is 0.114 e. The summed E-state index contributed by atoms with van der Waals surface area (Å²) < 4.78 is 10.6. The van der Waals surface area contributed by atoms with Gasteiger partial charge in [-0.2, -0.15) is 0 Å². The summed E-state index contributed by atoms with van der Waals surface area (Å²) in [7, 11) is 0. The molecular weight excluding hydrogens is 320 g/mol. The Kier molecular flexibility index (Phi) is 13.3. The van der Waals surface area contributed by atoms with Crippen molar-refractivity contribution in [2.75, 3.05) is 19.8 Å². The van der Waals surface area contributed by atoms with Gasteiger partial charge in [0.1, 0.15) is 24.4 Å². The average molecular weight is 359 g/mol. The molecule has 148 valence electrons. The van der Waals surface area contributed by atoms with E-state index >= 15 is 0 Å². The highest BCUT2D eigenvalue weighted by Gasteiger charge is 2.39. The molecule has 1 aliphatic heterocycles. The molecule has 1 heterocycles.